The van der Waals surface area contributed by atoms with Crippen LogP contribution in [0.2, 0.25) is 0 Å². The first-order chi connectivity index (χ1) is 20.0. The second-order valence-corrected chi connectivity index (χ2v) is 10.8. The van der Waals surface area contributed by atoms with Crippen molar-refractivity contribution in [2.24, 2.45) is 5.41 Å². The maximum absolute atomic E-state index is 14.5. The van der Waals surface area contributed by atoms with Gasteiger partial charge in [-0.1, -0.05) is 97.1 Å². The highest BCUT2D eigenvalue weighted by atomic mass is 16.5. The molecule has 5 nitrogen and oxygen atoms in total. The molecule has 0 aromatic heterocycles. The number of carbonyl (C=O) groups is 1. The fourth-order valence-corrected chi connectivity index (χ4v) is 6.40. The quantitative estimate of drug-likeness (QED) is 0.233. The number of piperazine rings is 1. The third-order valence-corrected chi connectivity index (χ3v) is 8.51. The molecular formula is C36H33N3O2. The highest BCUT2D eigenvalue weighted by molar-refractivity contribution is 5.95. The zero-order valence-electron chi connectivity index (χ0n) is 23.5. The van der Waals surface area contributed by atoms with E-state index in [1.807, 2.05) is 53.4 Å². The number of amides is 1. The van der Waals surface area contributed by atoms with E-state index in [1.54, 1.807) is 14.0 Å². The summed E-state index contributed by atoms with van der Waals surface area (Å²) in [5.41, 5.74) is 1.60. The molecule has 0 spiro atoms. The molecule has 1 fully saturated rings. The average molecular weight is 540 g/mol. The maximum atomic E-state index is 14.5. The summed E-state index contributed by atoms with van der Waals surface area (Å²) in [6.45, 7) is 4.30. The Hall–Kier alpha value is -4.82. The third kappa shape index (κ3) is 4.66. The van der Waals surface area contributed by atoms with Crippen molar-refractivity contribution in [3.8, 4) is 11.8 Å². The van der Waals surface area contributed by atoms with Gasteiger partial charge in [0.25, 0.3) is 0 Å². The fraction of sp³-hybridized carbons (Fsp3) is 0.222. The minimum atomic E-state index is -1.36. The predicted octanol–water partition coefficient (Wildman–Crippen LogP) is 7.01. The van der Waals surface area contributed by atoms with Crippen molar-refractivity contribution < 1.29 is 9.53 Å². The van der Waals surface area contributed by atoms with Crippen LogP contribution in [0.1, 0.15) is 24.0 Å². The van der Waals surface area contributed by atoms with Gasteiger partial charge in [0.05, 0.1) is 13.2 Å². The van der Waals surface area contributed by atoms with Crippen LogP contribution in [0.3, 0.4) is 0 Å². The predicted molar refractivity (Wildman–Crippen MR) is 165 cm³/mol. The van der Waals surface area contributed by atoms with E-state index in [0.717, 1.165) is 21.9 Å². The molecule has 0 N–H and O–H groups in total. The number of methoxy groups -OCH3 is 1. The van der Waals surface area contributed by atoms with Crippen LogP contribution in [-0.2, 0) is 4.79 Å². The largest absolute Gasteiger partial charge is 0.496 e. The van der Waals surface area contributed by atoms with Gasteiger partial charge in [-0.05, 0) is 40.8 Å². The number of rotatable bonds is 6. The zero-order chi connectivity index (χ0) is 28.4. The number of nitrogens with zero attached hydrogens (tertiary/aromatic N) is 3. The van der Waals surface area contributed by atoms with Crippen LogP contribution in [0.15, 0.2) is 109 Å². The summed E-state index contributed by atoms with van der Waals surface area (Å²) >= 11 is 0. The molecule has 204 valence electrons. The van der Waals surface area contributed by atoms with Gasteiger partial charge < -0.3 is 14.5 Å². The first-order valence-corrected chi connectivity index (χ1v) is 14.1. The van der Waals surface area contributed by atoms with Gasteiger partial charge in [-0.3, -0.25) is 4.79 Å². The van der Waals surface area contributed by atoms with Crippen molar-refractivity contribution in [3.05, 3.63) is 120 Å². The van der Waals surface area contributed by atoms with E-state index in [4.69, 9.17) is 4.74 Å². The van der Waals surface area contributed by atoms with E-state index in [2.05, 4.69) is 71.6 Å². The molecule has 2 atom stereocenters. The van der Waals surface area contributed by atoms with E-state index >= 15 is 0 Å². The Labute approximate surface area is 241 Å². The number of fused-ring (bicyclic) bond motifs is 2. The summed E-state index contributed by atoms with van der Waals surface area (Å²) in [4.78, 5) is 18.7. The van der Waals surface area contributed by atoms with Gasteiger partial charge >= 0.3 is 0 Å². The number of para-hydroxylation sites is 1. The molecule has 0 bridgehead atoms. The lowest BCUT2D eigenvalue weighted by molar-refractivity contribution is -0.139. The van der Waals surface area contributed by atoms with Crippen LogP contribution in [0.25, 0.3) is 21.5 Å². The molecule has 5 aromatic carbocycles. The van der Waals surface area contributed by atoms with Gasteiger partial charge in [0.1, 0.15) is 11.2 Å². The van der Waals surface area contributed by atoms with Gasteiger partial charge in [0.2, 0.25) is 5.91 Å². The Morgan fingerprint density at radius 1 is 0.756 bits per heavy atom. The molecule has 0 saturated carbocycles. The zero-order valence-corrected chi connectivity index (χ0v) is 23.5. The monoisotopic (exact) mass is 539 g/mol. The van der Waals surface area contributed by atoms with Gasteiger partial charge in [-0.15, -0.1) is 0 Å². The number of carbonyl (C=O) groups excluding carboxylic acids is 1. The van der Waals surface area contributed by atoms with Crippen molar-refractivity contribution in [1.82, 2.24) is 4.90 Å². The lowest BCUT2D eigenvalue weighted by Crippen LogP contribution is -2.53. The molecule has 1 heterocycles. The molecule has 1 amide bonds. The molecule has 2 unspecified atom stereocenters. The topological polar surface area (TPSA) is 56.6 Å². The number of nitriles is 1. The fourth-order valence-electron chi connectivity index (χ4n) is 6.40. The van der Waals surface area contributed by atoms with Gasteiger partial charge in [-0.25, -0.2) is 0 Å². The lowest BCUT2D eigenvalue weighted by atomic mass is 9.68. The second kappa shape index (κ2) is 11.0. The van der Waals surface area contributed by atoms with E-state index in [-0.39, 0.29) is 5.91 Å². The molecule has 1 aliphatic heterocycles. The number of ether oxygens (including phenoxy) is 1. The Morgan fingerprint density at radius 2 is 1.32 bits per heavy atom. The van der Waals surface area contributed by atoms with E-state index in [9.17, 15) is 10.1 Å². The Balaban J connectivity index is 1.37. The van der Waals surface area contributed by atoms with E-state index < -0.39 is 11.3 Å². The van der Waals surface area contributed by atoms with Crippen molar-refractivity contribution >= 4 is 33.1 Å². The van der Waals surface area contributed by atoms with E-state index in [1.165, 1.54) is 16.5 Å². The number of hydrogen-bond donors (Lipinski definition) is 0. The lowest BCUT2D eigenvalue weighted by Gasteiger charge is -2.41. The molecule has 5 aromatic rings. The highest BCUT2D eigenvalue weighted by Crippen LogP contribution is 2.47. The summed E-state index contributed by atoms with van der Waals surface area (Å²) in [7, 11) is 1.64. The minimum Gasteiger partial charge on any atom is -0.496 e. The molecule has 5 heteroatoms. The minimum absolute atomic E-state index is 0.151. The summed E-state index contributed by atoms with van der Waals surface area (Å²) < 4.78 is 5.78. The standard InChI is InChI=1S/C36H33N3O2/c1-36(25-37,35(40)39-23-21-38(22-24-39)32-19-10-14-27-12-4-6-16-29(27)32)34(31-17-7-8-20-33(31)41-2)30-18-9-13-26-11-3-5-15-28(26)30/h3-20,34H,21-24H2,1-2H3. The van der Waals surface area contributed by atoms with Gasteiger partial charge in [0.15, 0.2) is 0 Å². The van der Waals surface area contributed by atoms with Crippen molar-refractivity contribution in [2.75, 3.05) is 38.2 Å². The van der Waals surface area contributed by atoms with Crippen LogP contribution < -0.4 is 9.64 Å². The van der Waals surface area contributed by atoms with Crippen molar-refractivity contribution in [2.45, 2.75) is 12.8 Å². The number of hydrogen-bond acceptors (Lipinski definition) is 4. The molecule has 6 rings (SSSR count). The number of benzene rings is 5. The number of anilines is 1. The summed E-state index contributed by atoms with van der Waals surface area (Å²) in [5, 5.41) is 15.3. The Kier molecular flexibility index (Phi) is 7.07. The first-order valence-electron chi connectivity index (χ1n) is 14.1. The Morgan fingerprint density at radius 3 is 2.02 bits per heavy atom. The summed E-state index contributed by atoms with van der Waals surface area (Å²) in [5.74, 6) is -0.0137. The normalized spacial score (nSPS) is 15.7. The Bertz CT molecular complexity index is 1760. The van der Waals surface area contributed by atoms with Crippen molar-refractivity contribution in [3.63, 3.8) is 0 Å². The third-order valence-electron chi connectivity index (χ3n) is 8.51. The smallest absolute Gasteiger partial charge is 0.243 e. The van der Waals surface area contributed by atoms with Gasteiger partial charge in [-0.2, -0.15) is 5.26 Å². The van der Waals surface area contributed by atoms with Crippen LogP contribution in [0.4, 0.5) is 5.69 Å². The molecule has 0 aliphatic carbocycles. The van der Waals surface area contributed by atoms with Crippen LogP contribution in [-0.4, -0.2) is 44.1 Å². The summed E-state index contributed by atoms with van der Waals surface area (Å²) in [6, 6.07) is 39.3. The highest BCUT2D eigenvalue weighted by Gasteiger charge is 2.47. The molecule has 41 heavy (non-hydrogen) atoms. The van der Waals surface area contributed by atoms with Crippen LogP contribution in [0.5, 0.6) is 5.75 Å². The van der Waals surface area contributed by atoms with Crippen LogP contribution >= 0.6 is 0 Å². The first kappa shape index (κ1) is 26.4. The molecule has 1 aliphatic rings. The second-order valence-electron chi connectivity index (χ2n) is 10.8. The van der Waals surface area contributed by atoms with Gasteiger partial charge in [0, 0.05) is 48.7 Å². The maximum Gasteiger partial charge on any atom is 0.243 e. The molecular weight excluding hydrogens is 506 g/mol. The van der Waals surface area contributed by atoms with Crippen LogP contribution in [0, 0.1) is 16.7 Å². The van der Waals surface area contributed by atoms with E-state index in [0.29, 0.717) is 31.9 Å². The summed E-state index contributed by atoms with van der Waals surface area (Å²) in [6.07, 6.45) is 0. The average Bonchev–Trinajstić information content (AvgIpc) is 3.04. The van der Waals surface area contributed by atoms with Crippen molar-refractivity contribution in [1.29, 1.82) is 5.26 Å². The molecule has 1 saturated heterocycles. The SMILES string of the molecule is COc1ccccc1C(c1cccc2ccccc12)C(C)(C#N)C(=O)N1CCN(c2cccc3ccccc23)CC1. The molecule has 0 radical (unpaired) electrons.